The van der Waals surface area contributed by atoms with Gasteiger partial charge in [-0.15, -0.1) is 0 Å². The largest absolute Gasteiger partial charge is 0.484 e. The molecule has 2 amide bonds. The number of nitrogens with two attached hydrogens (primary N) is 1. The molecule has 126 valence electrons. The Bertz CT molecular complexity index is 718. The second-order valence-electron chi connectivity index (χ2n) is 5.83. The molecule has 7 heteroatoms. The Kier molecular flexibility index (Phi) is 4.79. The Hall–Kier alpha value is -2.83. The zero-order valence-electron chi connectivity index (χ0n) is 13.3. The summed E-state index contributed by atoms with van der Waals surface area (Å²) >= 11 is 0. The molecule has 1 heterocycles. The van der Waals surface area contributed by atoms with Gasteiger partial charge in [-0.05, 0) is 37.1 Å². The van der Waals surface area contributed by atoms with Crippen LogP contribution in [-0.4, -0.2) is 28.2 Å². The van der Waals surface area contributed by atoms with Crippen molar-refractivity contribution >= 4 is 17.6 Å². The van der Waals surface area contributed by atoms with Gasteiger partial charge in [0.05, 0.1) is 12.2 Å². The lowest BCUT2D eigenvalue weighted by Crippen LogP contribution is -2.20. The number of nitrogens with zero attached hydrogens (tertiary/aromatic N) is 2. The molecular formula is C17H20N4O3. The summed E-state index contributed by atoms with van der Waals surface area (Å²) in [4.78, 5) is 23.1. The van der Waals surface area contributed by atoms with Gasteiger partial charge in [0.1, 0.15) is 11.6 Å². The number of rotatable bonds is 6. The topological polar surface area (TPSA) is 99.2 Å². The molecule has 3 rings (SSSR count). The quantitative estimate of drug-likeness (QED) is 0.848. The van der Waals surface area contributed by atoms with Crippen molar-refractivity contribution in [2.75, 3.05) is 11.9 Å². The molecule has 0 spiro atoms. The molecule has 2 aromatic rings. The summed E-state index contributed by atoms with van der Waals surface area (Å²) in [5.41, 5.74) is 5.52. The summed E-state index contributed by atoms with van der Waals surface area (Å²) in [7, 11) is 0. The highest BCUT2D eigenvalue weighted by Crippen LogP contribution is 2.31. The van der Waals surface area contributed by atoms with Crippen LogP contribution in [0.15, 0.2) is 36.5 Å². The first-order valence-electron chi connectivity index (χ1n) is 7.99. The van der Waals surface area contributed by atoms with Crippen molar-refractivity contribution in [1.82, 2.24) is 9.78 Å². The minimum atomic E-state index is -0.544. The highest BCUT2D eigenvalue weighted by Gasteiger charge is 2.20. The van der Waals surface area contributed by atoms with E-state index in [1.54, 1.807) is 36.5 Å². The monoisotopic (exact) mass is 328 g/mol. The third-order valence-electron chi connectivity index (χ3n) is 4.08. The highest BCUT2D eigenvalue weighted by atomic mass is 16.5. The number of ether oxygens (including phenoxy) is 1. The first kappa shape index (κ1) is 16.0. The van der Waals surface area contributed by atoms with Gasteiger partial charge in [-0.2, -0.15) is 5.10 Å². The summed E-state index contributed by atoms with van der Waals surface area (Å²) in [6, 6.07) is 8.71. The fourth-order valence-corrected chi connectivity index (χ4v) is 2.90. The molecule has 0 unspecified atom stereocenters. The summed E-state index contributed by atoms with van der Waals surface area (Å²) in [6.45, 7) is -0.188. The van der Waals surface area contributed by atoms with Gasteiger partial charge in [0.2, 0.25) is 0 Å². The molecule has 1 aliphatic carbocycles. The number of amides is 2. The van der Waals surface area contributed by atoms with Gasteiger partial charge in [-0.25, -0.2) is 4.68 Å². The van der Waals surface area contributed by atoms with Gasteiger partial charge in [0.15, 0.2) is 6.61 Å². The fourth-order valence-electron chi connectivity index (χ4n) is 2.90. The van der Waals surface area contributed by atoms with E-state index in [1.807, 2.05) is 4.68 Å². The lowest BCUT2D eigenvalue weighted by molar-refractivity contribution is -0.119. The van der Waals surface area contributed by atoms with Gasteiger partial charge < -0.3 is 15.8 Å². The summed E-state index contributed by atoms with van der Waals surface area (Å²) in [5, 5.41) is 7.24. The minimum absolute atomic E-state index is 0.188. The Morgan fingerprint density at radius 3 is 2.58 bits per heavy atom. The van der Waals surface area contributed by atoms with Crippen LogP contribution in [-0.2, 0) is 4.79 Å². The van der Waals surface area contributed by atoms with Crippen LogP contribution in [0.4, 0.5) is 5.82 Å². The molecule has 24 heavy (non-hydrogen) atoms. The molecule has 1 fully saturated rings. The summed E-state index contributed by atoms with van der Waals surface area (Å²) in [5.74, 6) is 0.440. The molecule has 0 bridgehead atoms. The average molecular weight is 328 g/mol. The van der Waals surface area contributed by atoms with Crippen molar-refractivity contribution in [2.24, 2.45) is 5.73 Å². The molecule has 1 aliphatic rings. The van der Waals surface area contributed by atoms with E-state index in [-0.39, 0.29) is 12.5 Å². The summed E-state index contributed by atoms with van der Waals surface area (Å²) in [6.07, 6.45) is 6.29. The SMILES string of the molecule is NC(=O)COc1ccc(C(=O)Nc2ccnn2C2CCCC2)cc1. The van der Waals surface area contributed by atoms with Crippen LogP contribution in [0.25, 0.3) is 0 Å². The third-order valence-corrected chi connectivity index (χ3v) is 4.08. The van der Waals surface area contributed by atoms with Crippen LogP contribution in [0.3, 0.4) is 0 Å². The maximum absolute atomic E-state index is 12.4. The van der Waals surface area contributed by atoms with Crippen LogP contribution in [0.1, 0.15) is 42.1 Å². The maximum Gasteiger partial charge on any atom is 0.256 e. The van der Waals surface area contributed by atoms with Gasteiger partial charge in [0, 0.05) is 11.6 Å². The molecule has 1 aromatic heterocycles. The Morgan fingerprint density at radius 1 is 1.21 bits per heavy atom. The van der Waals surface area contributed by atoms with Crippen molar-refractivity contribution in [3.63, 3.8) is 0 Å². The van der Waals surface area contributed by atoms with Crippen LogP contribution < -0.4 is 15.8 Å². The second kappa shape index (κ2) is 7.16. The molecule has 0 radical (unpaired) electrons. The number of aromatic nitrogens is 2. The molecule has 1 saturated carbocycles. The van der Waals surface area contributed by atoms with Gasteiger partial charge in [0.25, 0.3) is 11.8 Å². The molecule has 0 saturated heterocycles. The third kappa shape index (κ3) is 3.73. The van der Waals surface area contributed by atoms with Crippen molar-refractivity contribution < 1.29 is 14.3 Å². The number of benzene rings is 1. The molecule has 0 aliphatic heterocycles. The van der Waals surface area contributed by atoms with Gasteiger partial charge in [-0.3, -0.25) is 9.59 Å². The normalized spacial score (nSPS) is 14.5. The molecule has 7 nitrogen and oxygen atoms in total. The zero-order valence-corrected chi connectivity index (χ0v) is 13.3. The highest BCUT2D eigenvalue weighted by molar-refractivity contribution is 6.03. The minimum Gasteiger partial charge on any atom is -0.484 e. The van der Waals surface area contributed by atoms with Crippen LogP contribution >= 0.6 is 0 Å². The second-order valence-corrected chi connectivity index (χ2v) is 5.83. The number of anilines is 1. The number of nitrogens with one attached hydrogen (secondary N) is 1. The van der Waals surface area contributed by atoms with E-state index in [2.05, 4.69) is 10.4 Å². The van der Waals surface area contributed by atoms with Gasteiger partial charge in [-0.1, -0.05) is 12.8 Å². The van der Waals surface area contributed by atoms with Crippen molar-refractivity contribution in [2.45, 2.75) is 31.7 Å². The van der Waals surface area contributed by atoms with Crippen LogP contribution in [0.2, 0.25) is 0 Å². The standard InChI is InChI=1S/C17H20N4O3/c18-15(22)11-24-14-7-5-12(6-8-14)17(23)20-16-9-10-19-21(16)13-3-1-2-4-13/h5-10,13H,1-4,11H2,(H2,18,22)(H,20,23). The predicted octanol–water partition coefficient (Wildman–Crippen LogP) is 2.11. The van der Waals surface area contributed by atoms with Crippen molar-refractivity contribution in [3.05, 3.63) is 42.1 Å². The number of primary amides is 1. The maximum atomic E-state index is 12.4. The Labute approximate surface area is 139 Å². The van der Waals surface area contributed by atoms with E-state index in [4.69, 9.17) is 10.5 Å². The molecule has 3 N–H and O–H groups in total. The van der Waals surface area contributed by atoms with Crippen LogP contribution in [0, 0.1) is 0 Å². The number of hydrogen-bond acceptors (Lipinski definition) is 4. The fraction of sp³-hybridized carbons (Fsp3) is 0.353. The van der Waals surface area contributed by atoms with Gasteiger partial charge >= 0.3 is 0 Å². The van der Waals surface area contributed by atoms with E-state index in [9.17, 15) is 9.59 Å². The molecule has 0 atom stereocenters. The number of carbonyl (C=O) groups is 2. The van der Waals surface area contributed by atoms with E-state index < -0.39 is 5.91 Å². The average Bonchev–Trinajstić information content (AvgIpc) is 3.24. The Balaban J connectivity index is 1.65. The lowest BCUT2D eigenvalue weighted by Gasteiger charge is -2.14. The number of carbonyl (C=O) groups excluding carboxylic acids is 2. The van der Waals surface area contributed by atoms with Crippen molar-refractivity contribution in [3.8, 4) is 5.75 Å². The van der Waals surface area contributed by atoms with E-state index in [0.29, 0.717) is 23.2 Å². The molecule has 1 aromatic carbocycles. The Morgan fingerprint density at radius 2 is 1.92 bits per heavy atom. The molecular weight excluding hydrogens is 308 g/mol. The lowest BCUT2D eigenvalue weighted by atomic mass is 10.2. The zero-order chi connectivity index (χ0) is 16.9. The van der Waals surface area contributed by atoms with E-state index in [0.717, 1.165) is 12.8 Å². The summed E-state index contributed by atoms with van der Waals surface area (Å²) < 4.78 is 7.07. The first-order chi connectivity index (χ1) is 11.6. The smallest absolute Gasteiger partial charge is 0.256 e. The number of hydrogen-bond donors (Lipinski definition) is 2. The van der Waals surface area contributed by atoms with E-state index >= 15 is 0 Å². The predicted molar refractivity (Wildman–Crippen MR) is 88.8 cm³/mol. The van der Waals surface area contributed by atoms with Crippen molar-refractivity contribution in [1.29, 1.82) is 0 Å². The van der Waals surface area contributed by atoms with E-state index in [1.165, 1.54) is 12.8 Å². The first-order valence-corrected chi connectivity index (χ1v) is 7.99. The van der Waals surface area contributed by atoms with Crippen LogP contribution in [0.5, 0.6) is 5.75 Å².